The topological polar surface area (TPSA) is 30.0 Å². The number of carbonyl (C=O) groups excluding carboxylic acids is 1. The molecule has 1 heterocycles. The van der Waals surface area contributed by atoms with Crippen LogP contribution in [-0.4, -0.2) is 10.2 Å². The Labute approximate surface area is 97.8 Å². The van der Waals surface area contributed by atoms with Gasteiger partial charge in [0.1, 0.15) is 0 Å². The van der Waals surface area contributed by atoms with Crippen LogP contribution in [0.2, 0.25) is 0 Å². The van der Waals surface area contributed by atoms with Crippen LogP contribution in [-0.2, 0) is 0 Å². The molecule has 0 spiro atoms. The Morgan fingerprint density at radius 3 is 2.64 bits per heavy atom. The summed E-state index contributed by atoms with van der Waals surface area (Å²) >= 11 is 6.88. The van der Waals surface area contributed by atoms with Crippen LogP contribution in [0.25, 0.3) is 0 Å². The average molecular weight is 331 g/mol. The number of hydrogen-bond donors (Lipinski definition) is 0. The summed E-state index contributed by atoms with van der Waals surface area (Å²) in [4.78, 5) is 14.5. The van der Waals surface area contributed by atoms with Crippen LogP contribution in [0.4, 0.5) is 8.78 Å². The number of pyridine rings is 1. The number of halogens is 4. The van der Waals surface area contributed by atoms with E-state index in [9.17, 15) is 13.6 Å². The molecule has 76 valence electrons. The van der Waals surface area contributed by atoms with E-state index in [1.807, 2.05) is 0 Å². The molecule has 0 aliphatic heterocycles. The van der Waals surface area contributed by atoms with Gasteiger partial charge in [-0.25, -0.2) is 8.78 Å². The Morgan fingerprint density at radius 1 is 1.64 bits per heavy atom. The molecule has 2 nitrogen and oxygen atoms in total. The molecule has 0 saturated heterocycles. The zero-order valence-corrected chi connectivity index (χ0v) is 9.94. The normalized spacial score (nSPS) is 10.7. The summed E-state index contributed by atoms with van der Waals surface area (Å²) in [5.41, 5.74) is 0.0105. The minimum Gasteiger partial charge on any atom is -0.276 e. The molecule has 1 rings (SSSR count). The highest BCUT2D eigenvalue weighted by Gasteiger charge is 2.20. The predicted octanol–water partition coefficient (Wildman–Crippen LogP) is 3.31. The van der Waals surface area contributed by atoms with E-state index in [2.05, 4.69) is 4.98 Å². The molecule has 6 heteroatoms. The second-order valence-corrected chi connectivity index (χ2v) is 3.98. The van der Waals surface area contributed by atoms with Crippen LogP contribution >= 0.6 is 34.2 Å². The molecule has 0 N–H and O–H groups in total. The van der Waals surface area contributed by atoms with E-state index in [1.54, 1.807) is 22.6 Å². The molecule has 0 atom stereocenters. The second-order valence-electron chi connectivity index (χ2n) is 2.56. The summed E-state index contributed by atoms with van der Waals surface area (Å²) in [5, 5.41) is -0.774. The van der Waals surface area contributed by atoms with Crippen LogP contribution < -0.4 is 0 Å². The van der Waals surface area contributed by atoms with Crippen molar-refractivity contribution >= 4 is 39.4 Å². The highest BCUT2D eigenvalue weighted by Crippen LogP contribution is 2.29. The molecule has 0 bridgehead atoms. The zero-order valence-electron chi connectivity index (χ0n) is 7.02. The van der Waals surface area contributed by atoms with Gasteiger partial charge in [0.15, 0.2) is 0 Å². The maximum Gasteiger partial charge on any atom is 0.266 e. The van der Waals surface area contributed by atoms with Crippen molar-refractivity contribution < 1.29 is 13.6 Å². The van der Waals surface area contributed by atoms with E-state index in [1.165, 1.54) is 13.1 Å². The first-order chi connectivity index (χ1) is 6.45. The smallest absolute Gasteiger partial charge is 0.266 e. The molecular weight excluding hydrogens is 326 g/mol. The van der Waals surface area contributed by atoms with Crippen molar-refractivity contribution in [3.05, 3.63) is 26.6 Å². The Hall–Kier alpha value is -0.300. The molecule has 1 aromatic heterocycles. The zero-order chi connectivity index (χ0) is 10.9. The number of aromatic nitrogens is 1. The van der Waals surface area contributed by atoms with Crippen LogP contribution in [0.3, 0.4) is 0 Å². The lowest BCUT2D eigenvalue weighted by Gasteiger charge is -2.08. The largest absolute Gasteiger partial charge is 0.276 e. The van der Waals surface area contributed by atoms with Crippen LogP contribution in [0.1, 0.15) is 28.0 Å². The van der Waals surface area contributed by atoms with Gasteiger partial charge in [0, 0.05) is 15.5 Å². The predicted molar refractivity (Wildman–Crippen MR) is 56.8 cm³/mol. The second kappa shape index (κ2) is 4.48. The summed E-state index contributed by atoms with van der Waals surface area (Å²) in [6, 6.07) is 0. The number of alkyl halides is 2. The minimum atomic E-state index is -2.65. The van der Waals surface area contributed by atoms with E-state index in [0.29, 0.717) is 0 Å². The van der Waals surface area contributed by atoms with Gasteiger partial charge >= 0.3 is 0 Å². The number of nitrogens with zero attached hydrogens (tertiary/aromatic N) is 1. The molecule has 14 heavy (non-hydrogen) atoms. The average Bonchev–Trinajstić information content (AvgIpc) is 2.02. The molecule has 0 saturated carbocycles. The standard InChI is InChI=1S/C8H5ClF2INO/c1-3-5(8(10)11)6(12)4(2-13-3)7(9)14/h2,8H,1H3. The Bertz CT molecular complexity index is 384. The molecule has 0 aliphatic rings. The monoisotopic (exact) mass is 331 g/mol. The van der Waals surface area contributed by atoms with E-state index in [4.69, 9.17) is 11.6 Å². The van der Waals surface area contributed by atoms with Gasteiger partial charge < -0.3 is 0 Å². The minimum absolute atomic E-state index is 0.0215. The summed E-state index contributed by atoms with van der Waals surface area (Å²) in [7, 11) is 0. The van der Waals surface area contributed by atoms with Gasteiger partial charge in [-0.3, -0.25) is 9.78 Å². The van der Waals surface area contributed by atoms with Crippen molar-refractivity contribution in [2.75, 3.05) is 0 Å². The third-order valence-corrected chi connectivity index (χ3v) is 3.05. The van der Waals surface area contributed by atoms with Crippen molar-refractivity contribution in [2.24, 2.45) is 0 Å². The fourth-order valence-electron chi connectivity index (χ4n) is 0.982. The Kier molecular flexibility index (Phi) is 3.77. The first-order valence-electron chi connectivity index (χ1n) is 3.58. The van der Waals surface area contributed by atoms with E-state index >= 15 is 0 Å². The van der Waals surface area contributed by atoms with Crippen molar-refractivity contribution in [3.63, 3.8) is 0 Å². The fourth-order valence-corrected chi connectivity index (χ4v) is 2.29. The maximum atomic E-state index is 12.5. The van der Waals surface area contributed by atoms with Gasteiger partial charge in [-0.2, -0.15) is 0 Å². The number of hydrogen-bond acceptors (Lipinski definition) is 2. The van der Waals surface area contributed by atoms with Gasteiger partial charge in [-0.05, 0) is 41.1 Å². The van der Waals surface area contributed by atoms with Gasteiger partial charge in [0.25, 0.3) is 11.7 Å². The summed E-state index contributed by atoms with van der Waals surface area (Å²) in [6.45, 7) is 1.46. The molecule has 0 fully saturated rings. The summed E-state index contributed by atoms with van der Waals surface area (Å²) in [5.74, 6) is 0. The Balaban J connectivity index is 3.41. The molecule has 0 radical (unpaired) electrons. The molecular formula is C8H5ClF2INO. The number of rotatable bonds is 2. The van der Waals surface area contributed by atoms with Crippen molar-refractivity contribution in [2.45, 2.75) is 13.3 Å². The molecule has 0 unspecified atom stereocenters. The summed E-state index contributed by atoms with van der Waals surface area (Å²) < 4.78 is 25.2. The maximum absolute atomic E-state index is 12.5. The van der Waals surface area contributed by atoms with Gasteiger partial charge in [0.05, 0.1) is 11.1 Å². The van der Waals surface area contributed by atoms with Gasteiger partial charge in [-0.1, -0.05) is 0 Å². The quantitative estimate of drug-likeness (QED) is 0.615. The van der Waals surface area contributed by atoms with E-state index < -0.39 is 11.7 Å². The SMILES string of the molecule is Cc1ncc(C(=O)Cl)c(I)c1C(F)F. The highest BCUT2D eigenvalue weighted by molar-refractivity contribution is 14.1. The lowest BCUT2D eigenvalue weighted by molar-refractivity contribution is 0.107. The number of carbonyl (C=O) groups is 1. The third-order valence-electron chi connectivity index (χ3n) is 1.68. The van der Waals surface area contributed by atoms with Crippen molar-refractivity contribution in [1.82, 2.24) is 4.98 Å². The fraction of sp³-hybridized carbons (Fsp3) is 0.250. The van der Waals surface area contributed by atoms with Crippen LogP contribution in [0, 0.1) is 10.5 Å². The third kappa shape index (κ3) is 2.20. The van der Waals surface area contributed by atoms with Gasteiger partial charge in [0.2, 0.25) is 0 Å². The van der Waals surface area contributed by atoms with Crippen molar-refractivity contribution in [1.29, 1.82) is 0 Å². The van der Waals surface area contributed by atoms with E-state index in [-0.39, 0.29) is 20.4 Å². The van der Waals surface area contributed by atoms with Crippen LogP contribution in [0.15, 0.2) is 6.20 Å². The highest BCUT2D eigenvalue weighted by atomic mass is 127. The molecule has 0 aromatic carbocycles. The summed E-state index contributed by atoms with van der Waals surface area (Å²) in [6.07, 6.45) is -1.44. The molecule has 0 amide bonds. The van der Waals surface area contributed by atoms with Crippen molar-refractivity contribution in [3.8, 4) is 0 Å². The molecule has 1 aromatic rings. The van der Waals surface area contributed by atoms with E-state index in [0.717, 1.165) is 0 Å². The lowest BCUT2D eigenvalue weighted by atomic mass is 10.1. The number of aryl methyl sites for hydroxylation is 1. The first kappa shape index (κ1) is 11.8. The molecule has 0 aliphatic carbocycles. The van der Waals surface area contributed by atoms with Gasteiger partial charge in [-0.15, -0.1) is 0 Å². The Morgan fingerprint density at radius 2 is 2.21 bits per heavy atom. The lowest BCUT2D eigenvalue weighted by Crippen LogP contribution is -2.04. The van der Waals surface area contributed by atoms with Crippen LogP contribution in [0.5, 0.6) is 0 Å². The first-order valence-corrected chi connectivity index (χ1v) is 5.03.